The first-order chi connectivity index (χ1) is 17.3. The Labute approximate surface area is 218 Å². The number of aryl methyl sites for hydroxylation is 2. The molecule has 1 aliphatic rings. The minimum Gasteiger partial charge on any atom is -0.394 e. The van der Waals surface area contributed by atoms with Crippen molar-refractivity contribution >= 4 is 23.1 Å². The quantitative estimate of drug-likeness (QED) is 0.322. The third-order valence-electron chi connectivity index (χ3n) is 6.04. The van der Waals surface area contributed by atoms with Gasteiger partial charge in [0.1, 0.15) is 35.5 Å². The Morgan fingerprint density at radius 2 is 1.81 bits per heavy atom. The Morgan fingerprint density at radius 3 is 2.35 bits per heavy atom. The number of hydrogen-bond acceptors (Lipinski definition) is 10. The van der Waals surface area contributed by atoms with Crippen LogP contribution in [-0.4, -0.2) is 76.4 Å². The molecule has 0 aliphatic carbocycles. The van der Waals surface area contributed by atoms with Crippen molar-refractivity contribution in [3.63, 3.8) is 0 Å². The fourth-order valence-corrected chi connectivity index (χ4v) is 6.66. The molecule has 2 aromatic heterocycles. The molecule has 0 spiro atoms. The summed E-state index contributed by atoms with van der Waals surface area (Å²) in [7, 11) is 0. The fourth-order valence-electron chi connectivity index (χ4n) is 4.24. The van der Waals surface area contributed by atoms with Crippen molar-refractivity contribution < 1.29 is 38.3 Å². The van der Waals surface area contributed by atoms with E-state index in [1.807, 2.05) is 13.8 Å². The summed E-state index contributed by atoms with van der Waals surface area (Å²) in [5.41, 5.74) is -1.83. The maximum absolute atomic E-state index is 13.7. The number of rotatable bonds is 7. The topological polar surface area (TPSA) is 134 Å². The molecular weight excluding hydrogens is 533 g/mol. The monoisotopic (exact) mass is 560 g/mol. The molecule has 1 fully saturated rings. The standard InChI is InChI=1S/C23H27F3N4O5S2/c1-9-17(27-10(2)36-9)21(23(3,4)34)37-22-20(33)18(19(32)15(8-31)35-22)30-7-14(28-29-30)11-5-12(24)16(26)13(25)6-11/h5-7,15,18-22,31-34H,8H2,1-4H3/t15-,18+,19+,20-,21?,22+/m1/s1. The van der Waals surface area contributed by atoms with Crippen LogP contribution in [0.3, 0.4) is 0 Å². The van der Waals surface area contributed by atoms with Crippen molar-refractivity contribution in [3.05, 3.63) is 51.4 Å². The summed E-state index contributed by atoms with van der Waals surface area (Å²) in [4.78, 5) is 5.43. The van der Waals surface area contributed by atoms with Crippen molar-refractivity contribution in [2.75, 3.05) is 6.61 Å². The summed E-state index contributed by atoms with van der Waals surface area (Å²) in [6, 6.07) is 0.330. The lowest BCUT2D eigenvalue weighted by Crippen LogP contribution is -2.55. The van der Waals surface area contributed by atoms with Gasteiger partial charge in [0.05, 0.1) is 34.4 Å². The molecule has 14 heteroatoms. The molecule has 1 saturated heterocycles. The predicted molar refractivity (Wildman–Crippen MR) is 130 cm³/mol. The number of thioether (sulfide) groups is 1. The predicted octanol–water partition coefficient (Wildman–Crippen LogP) is 2.66. The number of halogens is 3. The van der Waals surface area contributed by atoms with Crippen molar-refractivity contribution in [2.24, 2.45) is 0 Å². The fraction of sp³-hybridized carbons (Fsp3) is 0.522. The Morgan fingerprint density at radius 1 is 1.16 bits per heavy atom. The lowest BCUT2D eigenvalue weighted by atomic mass is 9.97. The van der Waals surface area contributed by atoms with Gasteiger partial charge in [0.25, 0.3) is 0 Å². The molecular formula is C23H27F3N4O5S2. The third kappa shape index (κ3) is 5.55. The lowest BCUT2D eigenvalue weighted by Gasteiger charge is -2.43. The molecule has 37 heavy (non-hydrogen) atoms. The smallest absolute Gasteiger partial charge is 0.194 e. The number of aromatic nitrogens is 4. The van der Waals surface area contributed by atoms with Gasteiger partial charge in [-0.05, 0) is 39.8 Å². The highest BCUT2D eigenvalue weighted by Gasteiger charge is 2.48. The number of aliphatic hydroxyl groups excluding tert-OH is 3. The van der Waals surface area contributed by atoms with Crippen molar-refractivity contribution in [1.29, 1.82) is 0 Å². The zero-order chi connectivity index (χ0) is 27.2. The second-order valence-corrected chi connectivity index (χ2v) is 12.0. The molecule has 6 atom stereocenters. The summed E-state index contributed by atoms with van der Waals surface area (Å²) >= 11 is 2.55. The van der Waals surface area contributed by atoms with Gasteiger partial charge in [-0.15, -0.1) is 28.2 Å². The van der Waals surface area contributed by atoms with E-state index >= 15 is 0 Å². The second-order valence-electron chi connectivity index (χ2n) is 9.38. The summed E-state index contributed by atoms with van der Waals surface area (Å²) in [6.07, 6.45) is -2.73. The van der Waals surface area contributed by atoms with Gasteiger partial charge in [0, 0.05) is 10.4 Å². The summed E-state index contributed by atoms with van der Waals surface area (Å²) < 4.78 is 47.7. The van der Waals surface area contributed by atoms with E-state index in [2.05, 4.69) is 15.3 Å². The SMILES string of the molecule is Cc1nc(C(S[C@@H]2O[C@H](CO)[C@H](O)[C@H](n3cc(-c4cc(F)c(F)c(F)c4)nn3)[C@H]2O)C(C)(C)O)c(C)s1. The van der Waals surface area contributed by atoms with Crippen LogP contribution < -0.4 is 0 Å². The average Bonchev–Trinajstić information content (AvgIpc) is 3.42. The Balaban J connectivity index is 1.67. The van der Waals surface area contributed by atoms with E-state index in [4.69, 9.17) is 4.74 Å². The van der Waals surface area contributed by atoms with Gasteiger partial charge in [-0.2, -0.15) is 0 Å². The highest BCUT2D eigenvalue weighted by molar-refractivity contribution is 8.00. The molecule has 3 aromatic rings. The van der Waals surface area contributed by atoms with Crippen LogP contribution in [0.25, 0.3) is 11.3 Å². The molecule has 9 nitrogen and oxygen atoms in total. The minimum absolute atomic E-state index is 0.0311. The molecule has 4 N–H and O–H groups in total. The second kappa shape index (κ2) is 10.6. The van der Waals surface area contributed by atoms with Crippen LogP contribution in [0.1, 0.15) is 40.7 Å². The van der Waals surface area contributed by atoms with E-state index in [1.165, 1.54) is 17.5 Å². The lowest BCUT2D eigenvalue weighted by molar-refractivity contribution is -0.179. The average molecular weight is 561 g/mol. The van der Waals surface area contributed by atoms with Gasteiger partial charge in [-0.25, -0.2) is 22.8 Å². The molecule has 0 amide bonds. The van der Waals surface area contributed by atoms with E-state index in [-0.39, 0.29) is 11.3 Å². The Bertz CT molecular complexity index is 1240. The van der Waals surface area contributed by atoms with Gasteiger partial charge in [-0.1, -0.05) is 5.21 Å². The van der Waals surface area contributed by atoms with Gasteiger partial charge >= 0.3 is 0 Å². The number of nitrogens with zero attached hydrogens (tertiary/aromatic N) is 4. The van der Waals surface area contributed by atoms with Crippen LogP contribution in [0, 0.1) is 31.3 Å². The van der Waals surface area contributed by atoms with Crippen LogP contribution in [0.2, 0.25) is 0 Å². The molecule has 0 bridgehead atoms. The minimum atomic E-state index is -1.62. The van der Waals surface area contributed by atoms with Crippen LogP contribution in [0.15, 0.2) is 18.3 Å². The first kappa shape index (κ1) is 28.0. The van der Waals surface area contributed by atoms with Gasteiger partial charge in [0.2, 0.25) is 0 Å². The summed E-state index contributed by atoms with van der Waals surface area (Å²) in [6.45, 7) is 6.34. The maximum Gasteiger partial charge on any atom is 0.194 e. The molecule has 3 heterocycles. The largest absolute Gasteiger partial charge is 0.394 e. The van der Waals surface area contributed by atoms with E-state index in [0.29, 0.717) is 5.69 Å². The normalized spacial score (nSPS) is 25.4. The molecule has 1 unspecified atom stereocenters. The highest BCUT2D eigenvalue weighted by Crippen LogP contribution is 2.47. The molecule has 202 valence electrons. The first-order valence-corrected chi connectivity index (χ1v) is 13.1. The van der Waals surface area contributed by atoms with E-state index in [9.17, 15) is 33.6 Å². The van der Waals surface area contributed by atoms with Crippen molar-refractivity contribution in [2.45, 2.75) is 68.3 Å². The number of ether oxygens (including phenoxy) is 1. The van der Waals surface area contributed by atoms with Gasteiger partial charge in [0.15, 0.2) is 17.5 Å². The van der Waals surface area contributed by atoms with E-state index in [0.717, 1.165) is 38.5 Å². The number of benzene rings is 1. The molecule has 1 aliphatic heterocycles. The maximum atomic E-state index is 13.7. The van der Waals surface area contributed by atoms with E-state index < -0.39 is 64.7 Å². The number of aliphatic hydroxyl groups is 4. The van der Waals surface area contributed by atoms with Crippen molar-refractivity contribution in [1.82, 2.24) is 20.0 Å². The number of thiazole rings is 1. The first-order valence-electron chi connectivity index (χ1n) is 11.3. The third-order valence-corrected chi connectivity index (χ3v) is 8.68. The van der Waals surface area contributed by atoms with Gasteiger partial charge in [-0.3, -0.25) is 0 Å². The highest BCUT2D eigenvalue weighted by atomic mass is 32.2. The molecule has 0 radical (unpaired) electrons. The van der Waals surface area contributed by atoms with Crippen LogP contribution in [0.5, 0.6) is 0 Å². The van der Waals surface area contributed by atoms with E-state index in [1.54, 1.807) is 13.8 Å². The molecule has 1 aromatic carbocycles. The summed E-state index contributed by atoms with van der Waals surface area (Å²) in [5.74, 6) is -4.43. The van der Waals surface area contributed by atoms with Crippen LogP contribution >= 0.6 is 23.1 Å². The Kier molecular flexibility index (Phi) is 8.00. The van der Waals surface area contributed by atoms with Gasteiger partial charge < -0.3 is 25.2 Å². The van der Waals surface area contributed by atoms with Crippen LogP contribution in [0.4, 0.5) is 13.2 Å². The zero-order valence-electron chi connectivity index (χ0n) is 20.3. The molecule has 0 saturated carbocycles. The summed E-state index contributed by atoms with van der Waals surface area (Å²) in [5, 5.41) is 50.8. The molecule has 4 rings (SSSR count). The zero-order valence-corrected chi connectivity index (χ0v) is 22.0. The van der Waals surface area contributed by atoms with Crippen LogP contribution in [-0.2, 0) is 4.74 Å². The number of hydrogen-bond donors (Lipinski definition) is 4. The van der Waals surface area contributed by atoms with Crippen molar-refractivity contribution in [3.8, 4) is 11.3 Å². The Hall–Kier alpha value is -2.07.